The minimum absolute atomic E-state index is 0.00617. The van der Waals surface area contributed by atoms with Crippen LogP contribution in [-0.2, 0) is 0 Å². The SMILES string of the molecule is C=CCOc1c(Br)cc([C@H]2C(C#N)=C(N)Oc3cc(O)ccc32)cc1OCC. The number of ether oxygens (including phenoxy) is 3. The van der Waals surface area contributed by atoms with E-state index in [0.717, 1.165) is 11.1 Å². The van der Waals surface area contributed by atoms with Gasteiger partial charge in [-0.15, -0.1) is 0 Å². The molecule has 2 aromatic rings. The van der Waals surface area contributed by atoms with Gasteiger partial charge in [0, 0.05) is 11.6 Å². The fourth-order valence-corrected chi connectivity index (χ4v) is 3.66. The first-order valence-corrected chi connectivity index (χ1v) is 9.39. The second-order valence-corrected chi connectivity index (χ2v) is 6.86. The predicted molar refractivity (Wildman–Crippen MR) is 108 cm³/mol. The van der Waals surface area contributed by atoms with E-state index >= 15 is 0 Å². The second kappa shape index (κ2) is 8.28. The molecule has 28 heavy (non-hydrogen) atoms. The first-order valence-electron chi connectivity index (χ1n) is 8.60. The number of halogens is 1. The lowest BCUT2D eigenvalue weighted by atomic mass is 9.83. The molecule has 1 atom stereocenters. The van der Waals surface area contributed by atoms with Gasteiger partial charge >= 0.3 is 0 Å². The monoisotopic (exact) mass is 442 g/mol. The summed E-state index contributed by atoms with van der Waals surface area (Å²) in [7, 11) is 0. The molecule has 1 heterocycles. The van der Waals surface area contributed by atoms with Crippen LogP contribution in [0.3, 0.4) is 0 Å². The van der Waals surface area contributed by atoms with Gasteiger partial charge in [0.05, 0.1) is 17.0 Å². The lowest BCUT2D eigenvalue weighted by molar-refractivity contribution is 0.295. The van der Waals surface area contributed by atoms with Gasteiger partial charge in [-0.2, -0.15) is 5.26 Å². The lowest BCUT2D eigenvalue weighted by Crippen LogP contribution is -2.21. The van der Waals surface area contributed by atoms with Gasteiger partial charge < -0.3 is 25.1 Å². The summed E-state index contributed by atoms with van der Waals surface area (Å²) >= 11 is 3.53. The molecule has 0 radical (unpaired) electrons. The third kappa shape index (κ3) is 3.64. The van der Waals surface area contributed by atoms with Crippen molar-refractivity contribution in [3.05, 3.63) is 70.0 Å². The van der Waals surface area contributed by atoms with Gasteiger partial charge in [0.1, 0.15) is 29.7 Å². The van der Waals surface area contributed by atoms with Crippen molar-refractivity contribution in [1.29, 1.82) is 5.26 Å². The average Bonchev–Trinajstić information content (AvgIpc) is 2.66. The summed E-state index contributed by atoms with van der Waals surface area (Å²) in [5.74, 6) is 1.08. The minimum Gasteiger partial charge on any atom is -0.508 e. The zero-order valence-corrected chi connectivity index (χ0v) is 16.8. The molecule has 0 unspecified atom stereocenters. The van der Waals surface area contributed by atoms with Gasteiger partial charge in [0.15, 0.2) is 11.5 Å². The topological polar surface area (TPSA) is 97.7 Å². The van der Waals surface area contributed by atoms with Gasteiger partial charge in [-0.3, -0.25) is 0 Å². The van der Waals surface area contributed by atoms with Crippen LogP contribution in [-0.4, -0.2) is 18.3 Å². The molecule has 0 fully saturated rings. The standard InChI is InChI=1S/C21H19BrN2O4/c1-3-7-27-20-16(22)8-12(9-18(20)26-4-2)19-14-6-5-13(25)10-17(14)28-21(24)15(19)11-23/h3,5-6,8-10,19,25H,1,4,7,24H2,2H3/t19-/m1/s1. The van der Waals surface area contributed by atoms with Crippen LogP contribution in [0.5, 0.6) is 23.0 Å². The lowest BCUT2D eigenvalue weighted by Gasteiger charge is -2.27. The third-order valence-corrected chi connectivity index (χ3v) is 4.80. The molecule has 144 valence electrons. The van der Waals surface area contributed by atoms with Gasteiger partial charge in [-0.05, 0) is 46.6 Å². The minimum atomic E-state index is -0.474. The van der Waals surface area contributed by atoms with Crippen molar-refractivity contribution in [2.75, 3.05) is 13.2 Å². The number of allylic oxidation sites excluding steroid dienone is 1. The third-order valence-electron chi connectivity index (χ3n) is 4.21. The average molecular weight is 443 g/mol. The van der Waals surface area contributed by atoms with Crippen molar-refractivity contribution < 1.29 is 19.3 Å². The van der Waals surface area contributed by atoms with Crippen LogP contribution in [0.15, 0.2) is 58.9 Å². The first kappa shape index (κ1) is 19.6. The molecule has 0 spiro atoms. The van der Waals surface area contributed by atoms with Crippen LogP contribution < -0.4 is 19.9 Å². The number of nitrogens with zero attached hydrogens (tertiary/aromatic N) is 1. The Kier molecular flexibility index (Phi) is 5.81. The Morgan fingerprint density at radius 3 is 2.82 bits per heavy atom. The Morgan fingerprint density at radius 1 is 1.36 bits per heavy atom. The molecule has 0 saturated carbocycles. The maximum atomic E-state index is 9.78. The highest BCUT2D eigenvalue weighted by molar-refractivity contribution is 9.10. The molecule has 0 aliphatic carbocycles. The summed E-state index contributed by atoms with van der Waals surface area (Å²) in [6.07, 6.45) is 1.65. The number of hydrogen-bond acceptors (Lipinski definition) is 6. The predicted octanol–water partition coefficient (Wildman–Crippen LogP) is 4.34. The molecular weight excluding hydrogens is 424 g/mol. The summed E-state index contributed by atoms with van der Waals surface area (Å²) in [5, 5.41) is 19.5. The van der Waals surface area contributed by atoms with Crippen LogP contribution in [0, 0.1) is 11.3 Å². The highest BCUT2D eigenvalue weighted by atomic mass is 79.9. The number of nitriles is 1. The molecule has 1 aliphatic rings. The number of fused-ring (bicyclic) bond motifs is 1. The van der Waals surface area contributed by atoms with E-state index in [4.69, 9.17) is 19.9 Å². The van der Waals surface area contributed by atoms with Crippen molar-refractivity contribution in [2.24, 2.45) is 5.73 Å². The van der Waals surface area contributed by atoms with Crippen molar-refractivity contribution in [3.63, 3.8) is 0 Å². The van der Waals surface area contributed by atoms with E-state index in [0.29, 0.717) is 34.9 Å². The molecular formula is C21H19BrN2O4. The van der Waals surface area contributed by atoms with Crippen LogP contribution in [0.25, 0.3) is 0 Å². The van der Waals surface area contributed by atoms with E-state index in [2.05, 4.69) is 28.6 Å². The normalized spacial score (nSPS) is 15.2. The number of nitrogens with two attached hydrogens (primary N) is 1. The fraction of sp³-hybridized carbons (Fsp3) is 0.190. The number of phenolic OH excluding ortho intramolecular Hbond substituents is 1. The quantitative estimate of drug-likeness (QED) is 0.645. The zero-order chi connectivity index (χ0) is 20.3. The highest BCUT2D eigenvalue weighted by Crippen LogP contribution is 2.47. The molecule has 0 aromatic heterocycles. The highest BCUT2D eigenvalue weighted by Gasteiger charge is 2.32. The summed E-state index contributed by atoms with van der Waals surface area (Å²) in [6.45, 7) is 6.31. The van der Waals surface area contributed by atoms with Gasteiger partial charge in [0.2, 0.25) is 5.88 Å². The van der Waals surface area contributed by atoms with E-state index in [1.165, 1.54) is 6.07 Å². The fourth-order valence-electron chi connectivity index (χ4n) is 3.09. The van der Waals surface area contributed by atoms with E-state index in [1.807, 2.05) is 19.1 Å². The van der Waals surface area contributed by atoms with Crippen molar-refractivity contribution >= 4 is 15.9 Å². The van der Waals surface area contributed by atoms with Gasteiger partial charge in [-0.1, -0.05) is 18.7 Å². The summed E-state index contributed by atoms with van der Waals surface area (Å²) in [5.41, 5.74) is 7.77. The summed E-state index contributed by atoms with van der Waals surface area (Å²) < 4.78 is 17.7. The molecule has 0 amide bonds. The molecule has 1 aliphatic heterocycles. The Morgan fingerprint density at radius 2 is 2.14 bits per heavy atom. The Bertz CT molecular complexity index is 995. The number of hydrogen-bond donors (Lipinski definition) is 2. The van der Waals surface area contributed by atoms with Crippen LogP contribution in [0.1, 0.15) is 24.0 Å². The van der Waals surface area contributed by atoms with Crippen molar-refractivity contribution in [2.45, 2.75) is 12.8 Å². The summed E-state index contributed by atoms with van der Waals surface area (Å²) in [4.78, 5) is 0. The van der Waals surface area contributed by atoms with Crippen molar-refractivity contribution in [3.8, 4) is 29.1 Å². The first-order chi connectivity index (χ1) is 13.5. The largest absolute Gasteiger partial charge is 0.508 e. The van der Waals surface area contributed by atoms with Crippen molar-refractivity contribution in [1.82, 2.24) is 0 Å². The van der Waals surface area contributed by atoms with Crippen LogP contribution >= 0.6 is 15.9 Å². The number of aromatic hydroxyl groups is 1. The summed E-state index contributed by atoms with van der Waals surface area (Å²) in [6, 6.07) is 10.6. The van der Waals surface area contributed by atoms with Gasteiger partial charge in [0.25, 0.3) is 0 Å². The molecule has 6 nitrogen and oxygen atoms in total. The molecule has 0 bridgehead atoms. The van der Waals surface area contributed by atoms with Crippen LogP contribution in [0.2, 0.25) is 0 Å². The van der Waals surface area contributed by atoms with E-state index in [1.54, 1.807) is 18.2 Å². The molecule has 0 saturated heterocycles. The van der Waals surface area contributed by atoms with E-state index < -0.39 is 5.92 Å². The number of rotatable bonds is 6. The Hall–Kier alpha value is -3.11. The number of phenols is 1. The van der Waals surface area contributed by atoms with Gasteiger partial charge in [-0.25, -0.2) is 0 Å². The zero-order valence-electron chi connectivity index (χ0n) is 15.2. The maximum absolute atomic E-state index is 9.78. The Balaban J connectivity index is 2.19. The molecule has 2 aromatic carbocycles. The maximum Gasteiger partial charge on any atom is 0.205 e. The molecule has 7 heteroatoms. The van der Waals surface area contributed by atoms with Crippen LogP contribution in [0.4, 0.5) is 0 Å². The number of benzene rings is 2. The molecule has 3 N–H and O–H groups in total. The smallest absolute Gasteiger partial charge is 0.205 e. The molecule has 3 rings (SSSR count). The van der Waals surface area contributed by atoms with E-state index in [-0.39, 0.29) is 17.2 Å². The Labute approximate surface area is 171 Å². The second-order valence-electron chi connectivity index (χ2n) is 6.01. The van der Waals surface area contributed by atoms with E-state index in [9.17, 15) is 10.4 Å².